The van der Waals surface area contributed by atoms with Crippen LogP contribution in [0, 0.1) is 0 Å². The number of nitrogens with zero attached hydrogens (tertiary/aromatic N) is 3. The molecular formula is C18H21F3N4O2. The summed E-state index contributed by atoms with van der Waals surface area (Å²) >= 11 is 0. The lowest BCUT2D eigenvalue weighted by molar-refractivity contribution is -0.274. The molecule has 0 aliphatic carbocycles. The van der Waals surface area contributed by atoms with Gasteiger partial charge in [0.2, 0.25) is 0 Å². The fourth-order valence-electron chi connectivity index (χ4n) is 2.23. The summed E-state index contributed by atoms with van der Waals surface area (Å²) in [4.78, 5) is 20.2. The van der Waals surface area contributed by atoms with Crippen molar-refractivity contribution in [3.63, 3.8) is 0 Å². The third kappa shape index (κ3) is 7.53. The highest BCUT2D eigenvalue weighted by atomic mass is 19.4. The first-order valence-corrected chi connectivity index (χ1v) is 8.18. The predicted molar refractivity (Wildman–Crippen MR) is 95.3 cm³/mol. The van der Waals surface area contributed by atoms with Crippen molar-refractivity contribution in [2.24, 2.45) is 0 Å². The third-order valence-electron chi connectivity index (χ3n) is 3.54. The molecule has 0 aliphatic rings. The van der Waals surface area contributed by atoms with Crippen LogP contribution >= 0.6 is 0 Å². The quantitative estimate of drug-likeness (QED) is 0.795. The van der Waals surface area contributed by atoms with Gasteiger partial charge in [-0.1, -0.05) is 6.07 Å². The molecule has 1 aromatic heterocycles. The van der Waals surface area contributed by atoms with E-state index in [2.05, 4.69) is 15.0 Å². The minimum Gasteiger partial charge on any atom is -0.406 e. The molecule has 2 amide bonds. The first kappa shape index (κ1) is 20.5. The highest BCUT2D eigenvalue weighted by molar-refractivity contribution is 5.89. The summed E-state index contributed by atoms with van der Waals surface area (Å²) in [7, 11) is 3.80. The number of halogens is 3. The molecule has 9 heteroatoms. The van der Waals surface area contributed by atoms with Crippen LogP contribution in [-0.2, 0) is 6.54 Å². The van der Waals surface area contributed by atoms with E-state index in [-0.39, 0.29) is 11.8 Å². The van der Waals surface area contributed by atoms with Gasteiger partial charge < -0.3 is 19.9 Å². The minimum atomic E-state index is -4.75. The van der Waals surface area contributed by atoms with E-state index in [9.17, 15) is 18.0 Å². The minimum absolute atomic E-state index is 0.347. The Morgan fingerprint density at radius 2 is 1.85 bits per heavy atom. The maximum absolute atomic E-state index is 12.6. The molecule has 0 fully saturated rings. The van der Waals surface area contributed by atoms with Crippen LogP contribution in [-0.4, -0.2) is 54.4 Å². The van der Waals surface area contributed by atoms with Gasteiger partial charge in [0.05, 0.1) is 0 Å². The average Bonchev–Trinajstić information content (AvgIpc) is 2.59. The number of alkyl halides is 3. The van der Waals surface area contributed by atoms with E-state index in [1.807, 2.05) is 25.1 Å². The van der Waals surface area contributed by atoms with Gasteiger partial charge in [-0.05, 0) is 50.0 Å². The lowest BCUT2D eigenvalue weighted by Gasteiger charge is -2.25. The Kier molecular flexibility index (Phi) is 7.00. The van der Waals surface area contributed by atoms with Crippen LogP contribution in [0.25, 0.3) is 0 Å². The number of aromatic nitrogens is 1. The zero-order chi connectivity index (χ0) is 19.9. The number of anilines is 1. The Bertz CT molecular complexity index is 722. The summed E-state index contributed by atoms with van der Waals surface area (Å²) in [5.74, 6) is -0.347. The molecule has 1 aromatic carbocycles. The van der Waals surface area contributed by atoms with Crippen LogP contribution in [0.2, 0.25) is 0 Å². The summed E-state index contributed by atoms with van der Waals surface area (Å²) in [6, 6.07) is 8.30. The van der Waals surface area contributed by atoms with Crippen molar-refractivity contribution in [2.45, 2.75) is 12.9 Å². The van der Waals surface area contributed by atoms with Gasteiger partial charge in [-0.2, -0.15) is 0 Å². The molecular weight excluding hydrogens is 361 g/mol. The van der Waals surface area contributed by atoms with E-state index < -0.39 is 6.36 Å². The van der Waals surface area contributed by atoms with Crippen molar-refractivity contribution in [1.82, 2.24) is 14.8 Å². The van der Waals surface area contributed by atoms with Crippen molar-refractivity contribution in [2.75, 3.05) is 32.5 Å². The van der Waals surface area contributed by atoms with Crippen LogP contribution in [0.15, 0.2) is 48.8 Å². The zero-order valence-corrected chi connectivity index (χ0v) is 15.0. The second-order valence-electron chi connectivity index (χ2n) is 6.09. The molecule has 27 heavy (non-hydrogen) atoms. The number of nitrogens with one attached hydrogen (secondary N) is 1. The van der Waals surface area contributed by atoms with E-state index in [4.69, 9.17) is 0 Å². The number of rotatable bonds is 7. The Hall–Kier alpha value is -2.81. The molecule has 146 valence electrons. The number of hydrogen-bond acceptors (Lipinski definition) is 4. The van der Waals surface area contributed by atoms with Crippen LogP contribution in [0.1, 0.15) is 5.56 Å². The molecule has 2 aromatic rings. The van der Waals surface area contributed by atoms with Gasteiger partial charge in [0, 0.05) is 37.7 Å². The molecule has 1 heterocycles. The van der Waals surface area contributed by atoms with Crippen LogP contribution in [0.4, 0.5) is 23.7 Å². The summed E-state index contributed by atoms with van der Waals surface area (Å²) in [6.07, 6.45) is -1.42. The van der Waals surface area contributed by atoms with Crippen molar-refractivity contribution < 1.29 is 22.7 Å². The van der Waals surface area contributed by atoms with Crippen molar-refractivity contribution in [3.05, 3.63) is 54.4 Å². The maximum Gasteiger partial charge on any atom is 0.573 e. The summed E-state index contributed by atoms with van der Waals surface area (Å²) < 4.78 is 40.4. The van der Waals surface area contributed by atoms with Gasteiger partial charge in [-0.15, -0.1) is 13.2 Å². The van der Waals surface area contributed by atoms with Crippen molar-refractivity contribution >= 4 is 11.7 Å². The molecule has 0 saturated heterocycles. The number of likely N-dealkylation sites (N-methyl/N-ethyl adjacent to an activating group) is 1. The molecule has 2 rings (SSSR count). The number of urea groups is 1. The molecule has 0 unspecified atom stereocenters. The van der Waals surface area contributed by atoms with Crippen molar-refractivity contribution in [3.8, 4) is 5.75 Å². The highest BCUT2D eigenvalue weighted by Crippen LogP contribution is 2.24. The number of benzene rings is 1. The van der Waals surface area contributed by atoms with E-state index in [0.717, 1.165) is 17.7 Å². The number of hydrogen-bond donors (Lipinski definition) is 1. The Morgan fingerprint density at radius 3 is 2.41 bits per heavy atom. The fourth-order valence-corrected chi connectivity index (χ4v) is 2.23. The van der Waals surface area contributed by atoms with Gasteiger partial charge in [-0.25, -0.2) is 4.79 Å². The summed E-state index contributed by atoms with van der Waals surface area (Å²) in [5.41, 5.74) is 1.25. The van der Waals surface area contributed by atoms with Gasteiger partial charge in [0.15, 0.2) is 0 Å². The van der Waals surface area contributed by atoms with Crippen molar-refractivity contribution in [1.29, 1.82) is 0 Å². The Labute approximate surface area is 155 Å². The van der Waals surface area contributed by atoms with E-state index in [1.54, 1.807) is 23.4 Å². The monoisotopic (exact) mass is 382 g/mol. The number of ether oxygens (including phenoxy) is 1. The first-order chi connectivity index (χ1) is 12.7. The number of carbonyl (C=O) groups excluding carboxylic acids is 1. The standard InChI is InChI=1S/C18H21F3N4O2/c1-24(2)10-11-25(13-14-4-3-9-22-12-14)17(26)23-15-5-7-16(8-6-15)27-18(19,20)21/h3-9,12H,10-11,13H2,1-2H3,(H,23,26). The Morgan fingerprint density at radius 1 is 1.15 bits per heavy atom. The second kappa shape index (κ2) is 9.22. The predicted octanol–water partition coefficient (Wildman–Crippen LogP) is 3.58. The first-order valence-electron chi connectivity index (χ1n) is 8.18. The second-order valence-corrected chi connectivity index (χ2v) is 6.09. The largest absolute Gasteiger partial charge is 0.573 e. The van der Waals surface area contributed by atoms with Gasteiger partial charge in [0.25, 0.3) is 0 Å². The van der Waals surface area contributed by atoms with Gasteiger partial charge >= 0.3 is 12.4 Å². The van der Waals surface area contributed by atoms with Gasteiger partial charge in [0.1, 0.15) is 5.75 Å². The Balaban J connectivity index is 2.03. The normalized spacial score (nSPS) is 11.3. The average molecular weight is 382 g/mol. The molecule has 0 aliphatic heterocycles. The van der Waals surface area contributed by atoms with Crippen LogP contribution < -0.4 is 10.1 Å². The van der Waals surface area contributed by atoms with E-state index >= 15 is 0 Å². The lowest BCUT2D eigenvalue weighted by atomic mass is 10.2. The molecule has 0 saturated carbocycles. The molecule has 1 N–H and O–H groups in total. The van der Waals surface area contributed by atoms with E-state index in [0.29, 0.717) is 25.3 Å². The number of pyridine rings is 1. The van der Waals surface area contributed by atoms with Crippen LogP contribution in [0.3, 0.4) is 0 Å². The molecule has 0 radical (unpaired) electrons. The summed E-state index contributed by atoms with van der Waals surface area (Å²) in [6.45, 7) is 1.50. The molecule has 6 nitrogen and oxygen atoms in total. The number of carbonyl (C=O) groups is 1. The fraction of sp³-hybridized carbons (Fsp3) is 0.333. The SMILES string of the molecule is CN(C)CCN(Cc1cccnc1)C(=O)Nc1ccc(OC(F)(F)F)cc1. The molecule has 0 atom stereocenters. The third-order valence-corrected chi connectivity index (χ3v) is 3.54. The number of amides is 2. The van der Waals surface area contributed by atoms with Gasteiger partial charge in [-0.3, -0.25) is 4.98 Å². The smallest absolute Gasteiger partial charge is 0.406 e. The topological polar surface area (TPSA) is 57.7 Å². The lowest BCUT2D eigenvalue weighted by Crippen LogP contribution is -2.39. The zero-order valence-electron chi connectivity index (χ0n) is 15.0. The molecule has 0 bridgehead atoms. The maximum atomic E-state index is 12.6. The molecule has 0 spiro atoms. The van der Waals surface area contributed by atoms with Crippen LogP contribution in [0.5, 0.6) is 5.75 Å². The summed E-state index contributed by atoms with van der Waals surface area (Å²) in [5, 5.41) is 2.69. The van der Waals surface area contributed by atoms with E-state index in [1.165, 1.54) is 12.1 Å². The highest BCUT2D eigenvalue weighted by Gasteiger charge is 2.31.